The third-order valence-electron chi connectivity index (χ3n) is 7.20. The molecule has 0 spiro atoms. The van der Waals surface area contributed by atoms with Crippen LogP contribution in [0.3, 0.4) is 0 Å². The lowest BCUT2D eigenvalue weighted by atomic mass is 9.88. The number of nitrogens with one attached hydrogen (secondary N) is 3. The van der Waals surface area contributed by atoms with Crippen molar-refractivity contribution in [2.24, 2.45) is 0 Å². The Kier molecular flexibility index (Phi) is 10.7. The topological polar surface area (TPSA) is 105 Å². The molecular weight excluding hydrogens is 604 g/mol. The lowest BCUT2D eigenvalue weighted by Gasteiger charge is -2.33. The second-order valence-corrected chi connectivity index (χ2v) is 11.1. The van der Waals surface area contributed by atoms with Crippen LogP contribution in [0.25, 0.3) is 11.3 Å². The molecule has 0 bridgehead atoms. The third kappa shape index (κ3) is 7.79. The second-order valence-electron chi connectivity index (χ2n) is 10.7. The number of rotatable bonds is 9. The van der Waals surface area contributed by atoms with Gasteiger partial charge in [0.25, 0.3) is 0 Å². The summed E-state index contributed by atoms with van der Waals surface area (Å²) in [5.74, 6) is -0.917. The van der Waals surface area contributed by atoms with Crippen LogP contribution in [0.4, 0.5) is 17.6 Å². The first-order chi connectivity index (χ1) is 20.9. The molecule has 13 heteroatoms. The molecule has 4 N–H and O–H groups in total. The molecule has 238 valence electrons. The fourth-order valence-corrected chi connectivity index (χ4v) is 4.61. The molecular formula is C31H35ClF4N4O4. The Hall–Kier alpha value is -3.45. The number of aliphatic hydroxyl groups is 1. The minimum absolute atomic E-state index is 0.0696. The SMILES string of the molecule is CNC.COC1=C(OC2CC2)C=CCC(C(=O)NCC(O)(c2cc(C3CNC3)cc(-c3ccc(F)c(Cl)c3)n2)C(F)(F)F)=C1. The highest BCUT2D eigenvalue weighted by Crippen LogP contribution is 2.40. The number of nitrogens with zero attached hydrogens (tertiary/aromatic N) is 1. The van der Waals surface area contributed by atoms with E-state index in [0.29, 0.717) is 24.4 Å². The zero-order valence-corrected chi connectivity index (χ0v) is 25.3. The zero-order valence-electron chi connectivity index (χ0n) is 24.5. The number of alkyl halides is 3. The Labute approximate surface area is 258 Å². The van der Waals surface area contributed by atoms with Gasteiger partial charge in [-0.3, -0.25) is 4.79 Å². The zero-order chi connectivity index (χ0) is 32.1. The van der Waals surface area contributed by atoms with Crippen LogP contribution in [0, 0.1) is 5.82 Å². The van der Waals surface area contributed by atoms with E-state index in [2.05, 4.69) is 20.9 Å². The van der Waals surface area contributed by atoms with Crippen LogP contribution in [0.2, 0.25) is 5.02 Å². The van der Waals surface area contributed by atoms with Crippen molar-refractivity contribution in [1.82, 2.24) is 20.9 Å². The standard InChI is InChI=1S/C29H28ClF4N3O4.C2H7N/c1-40-25-11-17(3-2-4-24(25)41-20-6-7-20)27(38)36-15-28(39,29(32,33)34)26-12-18(19-13-35-14-19)10-23(37-26)16-5-8-22(31)21(30)9-16;1-3-2/h2,4-5,8-12,19-20,35,39H,3,6-7,13-15H2,1H3,(H,36,38);3H,1-2H3. The van der Waals surface area contributed by atoms with Gasteiger partial charge in [0.15, 0.2) is 11.5 Å². The summed E-state index contributed by atoms with van der Waals surface area (Å²) in [4.78, 5) is 17.2. The number of methoxy groups -OCH3 is 1. The van der Waals surface area contributed by atoms with Crippen molar-refractivity contribution in [3.63, 3.8) is 0 Å². The molecule has 1 saturated carbocycles. The van der Waals surface area contributed by atoms with Crippen molar-refractivity contribution in [2.45, 2.75) is 43.1 Å². The van der Waals surface area contributed by atoms with Gasteiger partial charge in [-0.25, -0.2) is 9.37 Å². The monoisotopic (exact) mass is 638 g/mol. The van der Waals surface area contributed by atoms with Gasteiger partial charge in [-0.1, -0.05) is 17.7 Å². The number of pyridine rings is 1. The van der Waals surface area contributed by atoms with Crippen molar-refractivity contribution in [1.29, 1.82) is 0 Å². The van der Waals surface area contributed by atoms with Gasteiger partial charge in [0.05, 0.1) is 36.2 Å². The highest BCUT2D eigenvalue weighted by Gasteiger charge is 2.56. The Morgan fingerprint density at radius 1 is 1.16 bits per heavy atom. The van der Waals surface area contributed by atoms with Gasteiger partial charge >= 0.3 is 6.18 Å². The Balaban J connectivity index is 0.00000141. The largest absolute Gasteiger partial charge is 0.493 e. The lowest BCUT2D eigenvalue weighted by Crippen LogP contribution is -2.52. The summed E-state index contributed by atoms with van der Waals surface area (Å²) in [5.41, 5.74) is -3.24. The number of benzene rings is 1. The first-order valence-electron chi connectivity index (χ1n) is 14.1. The lowest BCUT2D eigenvalue weighted by molar-refractivity contribution is -0.265. The van der Waals surface area contributed by atoms with Crippen LogP contribution in [-0.4, -0.2) is 69.1 Å². The average Bonchev–Trinajstić information content (AvgIpc) is 3.79. The number of halogens is 5. The maximum atomic E-state index is 14.5. The molecule has 5 rings (SSSR count). The molecule has 1 aromatic carbocycles. The molecule has 1 unspecified atom stereocenters. The van der Waals surface area contributed by atoms with E-state index in [1.807, 2.05) is 14.1 Å². The Bertz CT molecular complexity index is 1450. The van der Waals surface area contributed by atoms with Crippen LogP contribution in [0.15, 0.2) is 65.7 Å². The fraction of sp³-hybridized carbons (Fsp3) is 0.419. The maximum absolute atomic E-state index is 14.5. The highest BCUT2D eigenvalue weighted by molar-refractivity contribution is 6.31. The molecule has 0 radical (unpaired) electrons. The van der Waals surface area contributed by atoms with E-state index < -0.39 is 35.7 Å². The Morgan fingerprint density at radius 2 is 1.86 bits per heavy atom. The number of aromatic nitrogens is 1. The molecule has 2 aromatic rings. The molecule has 1 atom stereocenters. The van der Waals surface area contributed by atoms with Crippen LogP contribution in [-0.2, 0) is 19.9 Å². The van der Waals surface area contributed by atoms with E-state index in [1.165, 1.54) is 31.4 Å². The fourth-order valence-electron chi connectivity index (χ4n) is 4.43. The van der Waals surface area contributed by atoms with Crippen molar-refractivity contribution >= 4 is 17.5 Å². The van der Waals surface area contributed by atoms with Gasteiger partial charge in [0.2, 0.25) is 11.5 Å². The van der Waals surface area contributed by atoms with E-state index >= 15 is 0 Å². The van der Waals surface area contributed by atoms with Crippen molar-refractivity contribution in [2.75, 3.05) is 40.8 Å². The highest BCUT2D eigenvalue weighted by atomic mass is 35.5. The van der Waals surface area contributed by atoms with Crippen molar-refractivity contribution in [3.8, 4) is 11.3 Å². The van der Waals surface area contributed by atoms with Crippen LogP contribution in [0.1, 0.15) is 36.4 Å². The predicted octanol–water partition coefficient (Wildman–Crippen LogP) is 4.85. The maximum Gasteiger partial charge on any atom is 0.424 e. The van der Waals surface area contributed by atoms with Crippen LogP contribution in [0.5, 0.6) is 0 Å². The molecule has 1 aliphatic heterocycles. The van der Waals surface area contributed by atoms with Crippen molar-refractivity contribution in [3.05, 3.63) is 87.7 Å². The number of amides is 1. The number of carbonyl (C=O) groups excluding carboxylic acids is 1. The first kappa shape index (κ1) is 33.4. The minimum atomic E-state index is -5.21. The van der Waals surface area contributed by atoms with Crippen molar-refractivity contribution < 1.29 is 36.9 Å². The summed E-state index contributed by atoms with van der Waals surface area (Å²) in [5, 5.41) is 19.0. The summed E-state index contributed by atoms with van der Waals surface area (Å²) < 4.78 is 68.5. The Morgan fingerprint density at radius 3 is 2.43 bits per heavy atom. The molecule has 2 aliphatic carbocycles. The van der Waals surface area contributed by atoms with Gasteiger partial charge < -0.3 is 30.5 Å². The molecule has 2 fully saturated rings. The number of ether oxygens (including phenoxy) is 2. The molecule has 1 saturated heterocycles. The molecule has 8 nitrogen and oxygen atoms in total. The van der Waals surface area contributed by atoms with Gasteiger partial charge in [0, 0.05) is 30.1 Å². The molecule has 2 heterocycles. The molecule has 44 heavy (non-hydrogen) atoms. The first-order valence-corrected chi connectivity index (χ1v) is 14.4. The predicted molar refractivity (Wildman–Crippen MR) is 158 cm³/mol. The number of allylic oxidation sites excluding steroid dienone is 3. The number of hydrogen-bond donors (Lipinski definition) is 4. The number of carbonyl (C=O) groups is 1. The average molecular weight is 639 g/mol. The van der Waals surface area contributed by atoms with E-state index in [1.54, 1.807) is 18.2 Å². The summed E-state index contributed by atoms with van der Waals surface area (Å²) in [6, 6.07) is 6.48. The third-order valence-corrected chi connectivity index (χ3v) is 7.49. The summed E-state index contributed by atoms with van der Waals surface area (Å²) in [6.07, 6.45) is 1.52. The summed E-state index contributed by atoms with van der Waals surface area (Å²) >= 11 is 5.91. The normalized spacial score (nSPS) is 18.2. The molecule has 1 amide bonds. The van der Waals surface area contributed by atoms with E-state index in [9.17, 15) is 27.5 Å². The van der Waals surface area contributed by atoms with E-state index in [4.69, 9.17) is 21.1 Å². The molecule has 3 aliphatic rings. The van der Waals surface area contributed by atoms with Gasteiger partial charge in [0.1, 0.15) is 5.82 Å². The number of hydrogen-bond acceptors (Lipinski definition) is 7. The van der Waals surface area contributed by atoms with E-state index in [0.717, 1.165) is 18.9 Å². The van der Waals surface area contributed by atoms with Gasteiger partial charge in [-0.15, -0.1) is 0 Å². The minimum Gasteiger partial charge on any atom is -0.493 e. The molecule has 1 aromatic heterocycles. The van der Waals surface area contributed by atoms with Gasteiger partial charge in [-0.05, 0) is 81.4 Å². The second kappa shape index (κ2) is 14.1. The summed E-state index contributed by atoms with van der Waals surface area (Å²) in [6.45, 7) is -0.147. The van der Waals surface area contributed by atoms with E-state index in [-0.39, 0.29) is 46.1 Å². The quantitative estimate of drug-likeness (QED) is 0.291. The van der Waals surface area contributed by atoms with Gasteiger partial charge in [-0.2, -0.15) is 13.2 Å². The summed E-state index contributed by atoms with van der Waals surface area (Å²) in [7, 11) is 5.15. The van der Waals surface area contributed by atoms with Crippen LogP contribution >= 0.6 is 11.6 Å². The smallest absolute Gasteiger partial charge is 0.424 e. The van der Waals surface area contributed by atoms with Crippen LogP contribution < -0.4 is 16.0 Å².